The van der Waals surface area contributed by atoms with Crippen molar-refractivity contribution in [3.05, 3.63) is 52.7 Å². The zero-order chi connectivity index (χ0) is 21.8. The highest BCUT2D eigenvalue weighted by Crippen LogP contribution is 2.34. The van der Waals surface area contributed by atoms with E-state index in [9.17, 15) is 9.59 Å². The number of benzene rings is 1. The summed E-state index contributed by atoms with van der Waals surface area (Å²) in [6.07, 6.45) is 6.98. The Hall–Kier alpha value is -2.67. The van der Waals surface area contributed by atoms with Crippen molar-refractivity contribution in [1.82, 2.24) is 20.0 Å². The molecule has 1 aromatic carbocycles. The topological polar surface area (TPSA) is 67.2 Å². The number of amides is 2. The van der Waals surface area contributed by atoms with Crippen molar-refractivity contribution in [2.75, 3.05) is 13.1 Å². The van der Waals surface area contributed by atoms with E-state index in [1.807, 2.05) is 40.9 Å². The first-order valence-corrected chi connectivity index (χ1v) is 11.9. The average molecular weight is 439 g/mol. The minimum atomic E-state index is -0.0388. The monoisotopic (exact) mass is 438 g/mol. The number of nitrogens with zero attached hydrogens (tertiary/aromatic N) is 3. The van der Waals surface area contributed by atoms with E-state index in [1.54, 1.807) is 18.3 Å². The lowest BCUT2D eigenvalue weighted by molar-refractivity contribution is -0.131. The van der Waals surface area contributed by atoms with Gasteiger partial charge in [-0.25, -0.2) is 0 Å². The maximum absolute atomic E-state index is 13.1. The molecule has 0 aliphatic carbocycles. The number of aryl methyl sites for hydroxylation is 1. The molecule has 1 fully saturated rings. The number of thiophene rings is 1. The van der Waals surface area contributed by atoms with Gasteiger partial charge in [0.2, 0.25) is 5.91 Å². The smallest absolute Gasteiger partial charge is 0.261 e. The number of nitrogens with one attached hydrogen (secondary N) is 1. The van der Waals surface area contributed by atoms with Gasteiger partial charge in [0, 0.05) is 37.0 Å². The van der Waals surface area contributed by atoms with E-state index >= 15 is 0 Å². The quantitative estimate of drug-likeness (QED) is 0.628. The Morgan fingerprint density at radius 1 is 1.19 bits per heavy atom. The number of hydrogen-bond donors (Lipinski definition) is 1. The molecule has 0 spiro atoms. The molecule has 1 N–H and O–H groups in total. The molecule has 7 heteroatoms. The van der Waals surface area contributed by atoms with Crippen molar-refractivity contribution in [1.29, 1.82) is 0 Å². The van der Waals surface area contributed by atoms with Gasteiger partial charge in [-0.2, -0.15) is 5.10 Å². The third-order valence-electron chi connectivity index (χ3n) is 6.03. The molecule has 2 aromatic heterocycles. The van der Waals surface area contributed by atoms with Crippen LogP contribution in [0, 0.1) is 6.92 Å². The van der Waals surface area contributed by atoms with Gasteiger partial charge in [0.15, 0.2) is 0 Å². The Labute approximate surface area is 187 Å². The molecule has 1 saturated heterocycles. The van der Waals surface area contributed by atoms with Gasteiger partial charge in [0.1, 0.15) is 0 Å². The first-order chi connectivity index (χ1) is 15.0. The second kappa shape index (κ2) is 9.64. The third kappa shape index (κ3) is 4.98. The molecule has 3 heterocycles. The molecule has 31 heavy (non-hydrogen) atoms. The van der Waals surface area contributed by atoms with Crippen molar-refractivity contribution in [2.45, 2.75) is 58.5 Å². The highest BCUT2D eigenvalue weighted by Gasteiger charge is 2.27. The number of aromatic nitrogens is 2. The molecule has 3 aromatic rings. The van der Waals surface area contributed by atoms with Gasteiger partial charge in [0.25, 0.3) is 5.91 Å². The SMILES string of the molecule is CC(=O)N1CCCCC[C@H]1Cc1c(C(=O)NCCn2ccc(C)n2)sc2ccccc12. The molecule has 1 aliphatic heterocycles. The predicted molar refractivity (Wildman–Crippen MR) is 124 cm³/mol. The third-order valence-corrected chi connectivity index (χ3v) is 7.24. The predicted octanol–water partition coefficient (Wildman–Crippen LogP) is 4.17. The van der Waals surface area contributed by atoms with Crippen molar-refractivity contribution in [3.8, 4) is 0 Å². The van der Waals surface area contributed by atoms with Gasteiger partial charge < -0.3 is 10.2 Å². The van der Waals surface area contributed by atoms with Crippen molar-refractivity contribution in [2.24, 2.45) is 0 Å². The van der Waals surface area contributed by atoms with Crippen LogP contribution in [-0.2, 0) is 17.8 Å². The lowest BCUT2D eigenvalue weighted by Gasteiger charge is -2.29. The summed E-state index contributed by atoms with van der Waals surface area (Å²) >= 11 is 1.55. The van der Waals surface area contributed by atoms with Crippen molar-refractivity contribution in [3.63, 3.8) is 0 Å². The van der Waals surface area contributed by atoms with Crippen LogP contribution < -0.4 is 5.32 Å². The fourth-order valence-electron chi connectivity index (χ4n) is 4.48. The molecule has 0 saturated carbocycles. The Morgan fingerprint density at radius 2 is 2.03 bits per heavy atom. The van der Waals surface area contributed by atoms with E-state index in [-0.39, 0.29) is 17.9 Å². The minimum absolute atomic E-state index is 0.0388. The molecule has 0 radical (unpaired) electrons. The van der Waals surface area contributed by atoms with E-state index in [2.05, 4.69) is 22.5 Å². The first-order valence-electron chi connectivity index (χ1n) is 11.1. The summed E-state index contributed by atoms with van der Waals surface area (Å²) in [5.41, 5.74) is 2.04. The Balaban J connectivity index is 1.56. The standard InChI is InChI=1S/C24H30N4O2S/c1-17-11-14-27(26-17)15-12-25-24(30)23-21(20-9-5-6-10-22(20)31-23)16-19-8-4-3-7-13-28(19)18(2)29/h5-6,9-11,14,19H,3-4,7-8,12-13,15-16H2,1-2H3,(H,25,30)/t19-/m0/s1. The normalized spacial score (nSPS) is 17.0. The summed E-state index contributed by atoms with van der Waals surface area (Å²) in [5.74, 6) is 0.0926. The molecular formula is C24H30N4O2S. The number of carbonyl (C=O) groups excluding carboxylic acids is 2. The van der Waals surface area contributed by atoms with Crippen LogP contribution in [-0.4, -0.2) is 45.6 Å². The maximum atomic E-state index is 13.1. The number of likely N-dealkylation sites (tertiary alicyclic amines) is 1. The minimum Gasteiger partial charge on any atom is -0.349 e. The number of fused-ring (bicyclic) bond motifs is 1. The summed E-state index contributed by atoms with van der Waals surface area (Å²) in [6.45, 7) is 5.59. The van der Waals surface area contributed by atoms with E-state index in [1.165, 1.54) is 0 Å². The van der Waals surface area contributed by atoms with Crippen molar-refractivity contribution >= 4 is 33.2 Å². The molecule has 164 valence electrons. The van der Waals surface area contributed by atoms with E-state index in [0.717, 1.165) is 64.9 Å². The summed E-state index contributed by atoms with van der Waals surface area (Å²) in [4.78, 5) is 28.2. The van der Waals surface area contributed by atoms with Crippen LogP contribution in [0.15, 0.2) is 36.5 Å². The Kier molecular flexibility index (Phi) is 6.70. The van der Waals surface area contributed by atoms with E-state index < -0.39 is 0 Å². The molecule has 6 nitrogen and oxygen atoms in total. The average Bonchev–Trinajstić information content (AvgIpc) is 3.24. The number of hydrogen-bond acceptors (Lipinski definition) is 4. The Morgan fingerprint density at radius 3 is 2.81 bits per heavy atom. The molecule has 1 aliphatic rings. The molecule has 0 unspecified atom stereocenters. The first kappa shape index (κ1) is 21.6. The zero-order valence-electron chi connectivity index (χ0n) is 18.3. The van der Waals surface area contributed by atoms with Gasteiger partial charge in [-0.05, 0) is 49.3 Å². The zero-order valence-corrected chi connectivity index (χ0v) is 19.1. The van der Waals surface area contributed by atoms with Crippen LogP contribution in [0.5, 0.6) is 0 Å². The maximum Gasteiger partial charge on any atom is 0.261 e. The van der Waals surface area contributed by atoms with Crippen LogP contribution >= 0.6 is 11.3 Å². The summed E-state index contributed by atoms with van der Waals surface area (Å²) in [7, 11) is 0. The molecular weight excluding hydrogens is 408 g/mol. The fourth-order valence-corrected chi connectivity index (χ4v) is 5.63. The van der Waals surface area contributed by atoms with Crippen molar-refractivity contribution < 1.29 is 9.59 Å². The number of rotatable bonds is 6. The molecule has 1 atom stereocenters. The van der Waals surface area contributed by atoms with Gasteiger partial charge in [0.05, 0.1) is 17.1 Å². The molecule has 2 amide bonds. The van der Waals surface area contributed by atoms with E-state index in [0.29, 0.717) is 13.1 Å². The van der Waals surface area contributed by atoms with E-state index in [4.69, 9.17) is 0 Å². The lowest BCUT2D eigenvalue weighted by Crippen LogP contribution is -2.40. The second-order valence-electron chi connectivity index (χ2n) is 8.30. The summed E-state index contributed by atoms with van der Waals surface area (Å²) < 4.78 is 2.96. The number of carbonyl (C=O) groups is 2. The molecule has 0 bridgehead atoms. The largest absolute Gasteiger partial charge is 0.349 e. The lowest BCUT2D eigenvalue weighted by atomic mass is 9.98. The van der Waals surface area contributed by atoms with Gasteiger partial charge in [-0.3, -0.25) is 14.3 Å². The fraction of sp³-hybridized carbons (Fsp3) is 0.458. The second-order valence-corrected chi connectivity index (χ2v) is 9.35. The van der Waals surface area contributed by atoms with Gasteiger partial charge in [-0.15, -0.1) is 11.3 Å². The summed E-state index contributed by atoms with van der Waals surface area (Å²) in [5, 5.41) is 8.58. The van der Waals surface area contributed by atoms with Gasteiger partial charge in [-0.1, -0.05) is 31.0 Å². The Bertz CT molecular complexity index is 1070. The van der Waals surface area contributed by atoms with Crippen LogP contribution in [0.4, 0.5) is 0 Å². The molecule has 4 rings (SSSR count). The van der Waals surface area contributed by atoms with Crippen LogP contribution in [0.2, 0.25) is 0 Å². The summed E-state index contributed by atoms with van der Waals surface area (Å²) in [6, 6.07) is 10.3. The van der Waals surface area contributed by atoms with Crippen LogP contribution in [0.25, 0.3) is 10.1 Å². The van der Waals surface area contributed by atoms with Crippen LogP contribution in [0.3, 0.4) is 0 Å². The highest BCUT2D eigenvalue weighted by molar-refractivity contribution is 7.21. The van der Waals surface area contributed by atoms with Crippen LogP contribution in [0.1, 0.15) is 53.5 Å². The highest BCUT2D eigenvalue weighted by atomic mass is 32.1. The van der Waals surface area contributed by atoms with Gasteiger partial charge >= 0.3 is 0 Å².